The van der Waals surface area contributed by atoms with Crippen LogP contribution in [0.15, 0.2) is 72.8 Å². The van der Waals surface area contributed by atoms with Gasteiger partial charge in [-0.05, 0) is 31.2 Å². The third-order valence-corrected chi connectivity index (χ3v) is 4.30. The molecule has 6 heteroatoms. The van der Waals surface area contributed by atoms with Crippen LogP contribution in [0.5, 0.6) is 17.2 Å². The van der Waals surface area contributed by atoms with Gasteiger partial charge in [-0.2, -0.15) is 5.26 Å². The first-order chi connectivity index (χ1) is 14.6. The van der Waals surface area contributed by atoms with Gasteiger partial charge < -0.3 is 19.5 Å². The van der Waals surface area contributed by atoms with Crippen molar-refractivity contribution >= 4 is 11.6 Å². The van der Waals surface area contributed by atoms with Crippen molar-refractivity contribution in [2.45, 2.75) is 13.0 Å². The summed E-state index contributed by atoms with van der Waals surface area (Å²) in [6, 6.07) is 23.2. The Bertz CT molecular complexity index is 1040. The van der Waals surface area contributed by atoms with E-state index in [2.05, 4.69) is 11.4 Å². The van der Waals surface area contributed by atoms with E-state index in [1.165, 1.54) is 0 Å². The van der Waals surface area contributed by atoms with E-state index in [0.717, 1.165) is 0 Å². The van der Waals surface area contributed by atoms with Gasteiger partial charge in [0.25, 0.3) is 5.91 Å². The summed E-state index contributed by atoms with van der Waals surface area (Å²) in [4.78, 5) is 13.1. The van der Waals surface area contributed by atoms with Gasteiger partial charge in [0.15, 0.2) is 11.5 Å². The maximum absolute atomic E-state index is 13.1. The van der Waals surface area contributed by atoms with E-state index in [1.807, 2.05) is 37.3 Å². The molecule has 0 spiro atoms. The van der Waals surface area contributed by atoms with Crippen LogP contribution in [-0.4, -0.2) is 19.6 Å². The number of carbonyl (C=O) groups excluding carboxylic acids is 1. The van der Waals surface area contributed by atoms with E-state index in [9.17, 15) is 4.79 Å². The highest BCUT2D eigenvalue weighted by molar-refractivity contribution is 5.95. The summed E-state index contributed by atoms with van der Waals surface area (Å²) in [6.07, 6.45) is -0.926. The van der Waals surface area contributed by atoms with Gasteiger partial charge in [-0.15, -0.1) is 0 Å². The van der Waals surface area contributed by atoms with Crippen molar-refractivity contribution in [1.82, 2.24) is 0 Å². The van der Waals surface area contributed by atoms with Gasteiger partial charge in [0.1, 0.15) is 5.75 Å². The molecule has 0 aliphatic rings. The number of hydrogen-bond acceptors (Lipinski definition) is 5. The highest BCUT2D eigenvalue weighted by Crippen LogP contribution is 2.33. The van der Waals surface area contributed by atoms with Gasteiger partial charge in [-0.1, -0.05) is 36.4 Å². The van der Waals surface area contributed by atoms with Crippen molar-refractivity contribution in [3.63, 3.8) is 0 Å². The van der Waals surface area contributed by atoms with Crippen LogP contribution in [0.3, 0.4) is 0 Å². The van der Waals surface area contributed by atoms with Crippen molar-refractivity contribution in [3.8, 4) is 23.3 Å². The number of nitrogens with zero attached hydrogens (tertiary/aromatic N) is 1. The van der Waals surface area contributed by atoms with Crippen LogP contribution in [0.4, 0.5) is 5.69 Å². The summed E-state index contributed by atoms with van der Waals surface area (Å²) in [5.74, 6) is 1.08. The van der Waals surface area contributed by atoms with Crippen molar-refractivity contribution < 1.29 is 19.0 Å². The molecule has 0 bridgehead atoms. The number of benzene rings is 3. The van der Waals surface area contributed by atoms with E-state index in [-0.39, 0.29) is 5.91 Å². The zero-order valence-corrected chi connectivity index (χ0v) is 16.8. The fourth-order valence-electron chi connectivity index (χ4n) is 2.88. The average Bonchev–Trinajstić information content (AvgIpc) is 2.79. The molecule has 6 nitrogen and oxygen atoms in total. The summed E-state index contributed by atoms with van der Waals surface area (Å²) in [7, 11) is 1.57. The first kappa shape index (κ1) is 20.7. The van der Waals surface area contributed by atoms with Gasteiger partial charge in [0.05, 0.1) is 25.3 Å². The number of amides is 1. The number of carbonyl (C=O) groups is 1. The largest absolute Gasteiger partial charge is 0.497 e. The van der Waals surface area contributed by atoms with Crippen LogP contribution >= 0.6 is 0 Å². The zero-order chi connectivity index (χ0) is 21.3. The fourth-order valence-corrected chi connectivity index (χ4v) is 2.88. The quantitative estimate of drug-likeness (QED) is 0.589. The Labute approximate surface area is 175 Å². The molecule has 152 valence electrons. The molecule has 0 saturated carbocycles. The SMILES string of the molecule is CCOc1cc(C#N)ccc1O[C@@H](C(=O)Nc1cccc(OC)c1)c1ccccc1. The highest BCUT2D eigenvalue weighted by Gasteiger charge is 2.24. The number of methoxy groups -OCH3 is 1. The molecule has 0 heterocycles. The van der Waals surface area contributed by atoms with E-state index in [0.29, 0.717) is 40.7 Å². The second-order valence-corrected chi connectivity index (χ2v) is 6.34. The number of hydrogen-bond donors (Lipinski definition) is 1. The van der Waals surface area contributed by atoms with Crippen molar-refractivity contribution in [2.24, 2.45) is 0 Å². The maximum Gasteiger partial charge on any atom is 0.270 e. The molecule has 0 fully saturated rings. The second-order valence-electron chi connectivity index (χ2n) is 6.34. The van der Waals surface area contributed by atoms with Crippen LogP contribution in [0, 0.1) is 11.3 Å². The number of anilines is 1. The predicted molar refractivity (Wildman–Crippen MR) is 114 cm³/mol. The minimum atomic E-state index is -0.926. The van der Waals surface area contributed by atoms with E-state index < -0.39 is 6.10 Å². The molecule has 0 aromatic heterocycles. The monoisotopic (exact) mass is 402 g/mol. The lowest BCUT2D eigenvalue weighted by Crippen LogP contribution is -2.26. The van der Waals surface area contributed by atoms with Crippen molar-refractivity contribution in [2.75, 3.05) is 19.0 Å². The minimum absolute atomic E-state index is 0.346. The fraction of sp³-hybridized carbons (Fsp3) is 0.167. The normalized spacial score (nSPS) is 11.1. The molecular formula is C24H22N2O4. The minimum Gasteiger partial charge on any atom is -0.497 e. The lowest BCUT2D eigenvalue weighted by atomic mass is 10.1. The number of ether oxygens (including phenoxy) is 3. The third-order valence-electron chi connectivity index (χ3n) is 4.30. The third kappa shape index (κ3) is 5.09. The van der Waals surface area contributed by atoms with Crippen molar-refractivity contribution in [3.05, 3.63) is 83.9 Å². The Hall–Kier alpha value is -3.98. The molecular weight excluding hydrogens is 380 g/mol. The van der Waals surface area contributed by atoms with Gasteiger partial charge in [0.2, 0.25) is 6.10 Å². The average molecular weight is 402 g/mol. The van der Waals surface area contributed by atoms with Crippen LogP contribution < -0.4 is 19.5 Å². The molecule has 0 radical (unpaired) electrons. The Balaban J connectivity index is 1.92. The summed E-state index contributed by atoms with van der Waals surface area (Å²) in [5, 5.41) is 12.0. The summed E-state index contributed by atoms with van der Waals surface area (Å²) in [5.41, 5.74) is 1.72. The van der Waals surface area contributed by atoms with Crippen LogP contribution in [0.1, 0.15) is 24.2 Å². The smallest absolute Gasteiger partial charge is 0.270 e. The van der Waals surface area contributed by atoms with Gasteiger partial charge >= 0.3 is 0 Å². The van der Waals surface area contributed by atoms with Gasteiger partial charge in [-0.25, -0.2) is 0 Å². The predicted octanol–water partition coefficient (Wildman–Crippen LogP) is 4.72. The Kier molecular flexibility index (Phi) is 6.91. The lowest BCUT2D eigenvalue weighted by molar-refractivity contribution is -0.123. The molecule has 0 unspecified atom stereocenters. The van der Waals surface area contributed by atoms with E-state index in [4.69, 9.17) is 19.5 Å². The molecule has 0 aliphatic heterocycles. The Morgan fingerprint density at radius 2 is 1.83 bits per heavy atom. The number of nitriles is 1. The number of nitrogens with one attached hydrogen (secondary N) is 1. The van der Waals surface area contributed by atoms with Crippen molar-refractivity contribution in [1.29, 1.82) is 5.26 Å². The molecule has 1 N–H and O–H groups in total. The van der Waals surface area contributed by atoms with E-state index in [1.54, 1.807) is 49.6 Å². The van der Waals surface area contributed by atoms with Gasteiger partial charge in [0, 0.05) is 23.4 Å². The summed E-state index contributed by atoms with van der Waals surface area (Å²) in [6.45, 7) is 2.24. The topological polar surface area (TPSA) is 80.6 Å². The Morgan fingerprint density at radius 3 is 2.53 bits per heavy atom. The Morgan fingerprint density at radius 1 is 1.03 bits per heavy atom. The molecule has 1 amide bonds. The summed E-state index contributed by atoms with van der Waals surface area (Å²) >= 11 is 0. The number of rotatable bonds is 8. The van der Waals surface area contributed by atoms with E-state index >= 15 is 0 Å². The van der Waals surface area contributed by atoms with Crippen LogP contribution in [0.2, 0.25) is 0 Å². The molecule has 0 aliphatic carbocycles. The second kappa shape index (κ2) is 9.99. The lowest BCUT2D eigenvalue weighted by Gasteiger charge is -2.21. The summed E-state index contributed by atoms with van der Waals surface area (Å²) < 4.78 is 16.9. The molecule has 1 atom stereocenters. The van der Waals surface area contributed by atoms with Gasteiger partial charge in [-0.3, -0.25) is 4.79 Å². The highest BCUT2D eigenvalue weighted by atomic mass is 16.5. The molecule has 0 saturated heterocycles. The standard InChI is InChI=1S/C24H22N2O4/c1-3-29-22-14-17(16-25)12-13-21(22)30-23(18-8-5-4-6-9-18)24(27)26-19-10-7-11-20(15-19)28-2/h4-15,23H,3H2,1-2H3,(H,26,27)/t23-/m1/s1. The first-order valence-corrected chi connectivity index (χ1v) is 9.48. The maximum atomic E-state index is 13.1. The van der Waals surface area contributed by atoms with Crippen LogP contribution in [0.25, 0.3) is 0 Å². The molecule has 3 aromatic carbocycles. The molecule has 3 aromatic rings. The first-order valence-electron chi connectivity index (χ1n) is 9.48. The molecule has 3 rings (SSSR count). The molecule has 30 heavy (non-hydrogen) atoms. The zero-order valence-electron chi connectivity index (χ0n) is 16.8. The van der Waals surface area contributed by atoms with Crippen LogP contribution in [-0.2, 0) is 4.79 Å².